The minimum absolute atomic E-state index is 0.158. The van der Waals surface area contributed by atoms with Crippen LogP contribution in [0.15, 0.2) is 72.8 Å². The van der Waals surface area contributed by atoms with Crippen LogP contribution in [0.4, 0.5) is 0 Å². The van der Waals surface area contributed by atoms with Crippen LogP contribution in [0.5, 0.6) is 17.2 Å². The van der Waals surface area contributed by atoms with Crippen molar-refractivity contribution in [2.24, 2.45) is 0 Å². The highest BCUT2D eigenvalue weighted by Crippen LogP contribution is 2.47. The van der Waals surface area contributed by atoms with Crippen molar-refractivity contribution in [3.8, 4) is 17.2 Å². The summed E-state index contributed by atoms with van der Waals surface area (Å²) in [5.41, 5.74) is 3.61. The highest BCUT2D eigenvalue weighted by Gasteiger charge is 2.33. The normalized spacial score (nSPS) is 20.5. The molecule has 3 aromatic carbocycles. The van der Waals surface area contributed by atoms with E-state index in [1.165, 1.54) is 37.1 Å². The number of nitrogens with zero attached hydrogens (tertiary/aromatic N) is 1. The number of rotatable bonds is 7. The van der Waals surface area contributed by atoms with E-state index in [1.54, 1.807) is 12.1 Å². The lowest BCUT2D eigenvalue weighted by Gasteiger charge is -2.34. The van der Waals surface area contributed by atoms with Gasteiger partial charge in [0.1, 0.15) is 17.2 Å². The van der Waals surface area contributed by atoms with Crippen molar-refractivity contribution in [3.63, 3.8) is 0 Å². The summed E-state index contributed by atoms with van der Waals surface area (Å²) in [4.78, 5) is 2.52. The Morgan fingerprint density at radius 1 is 0.906 bits per heavy atom. The van der Waals surface area contributed by atoms with Gasteiger partial charge in [-0.05, 0) is 61.7 Å². The van der Waals surface area contributed by atoms with Crippen LogP contribution in [0.3, 0.4) is 0 Å². The Morgan fingerprint density at radius 3 is 2.47 bits per heavy atom. The van der Waals surface area contributed by atoms with Gasteiger partial charge < -0.3 is 19.5 Å². The third kappa shape index (κ3) is 4.61. The van der Waals surface area contributed by atoms with Crippen LogP contribution in [0.1, 0.15) is 47.8 Å². The van der Waals surface area contributed by atoms with Gasteiger partial charge in [0.15, 0.2) is 0 Å². The molecule has 0 bridgehead atoms. The van der Waals surface area contributed by atoms with E-state index in [9.17, 15) is 5.11 Å². The molecule has 1 saturated heterocycles. The second kappa shape index (κ2) is 9.66. The Bertz CT molecular complexity index is 1010. The molecule has 3 aromatic rings. The summed E-state index contributed by atoms with van der Waals surface area (Å²) in [7, 11) is 0. The summed E-state index contributed by atoms with van der Waals surface area (Å²) >= 11 is 0. The molecule has 0 aliphatic carbocycles. The standard InChI is InChI=1S/C28H31NO3/c30-23-11-14-25-27(19-23)32-20-26(21-7-2-1-3-8-21)28(25)22-9-12-24(13-10-22)31-18-6-17-29-15-4-5-16-29/h1-3,7-14,19,26,28,30H,4-6,15-18,20H2/t26-,28-/m0/s1. The molecular formula is C28H31NO3. The van der Waals surface area contributed by atoms with Crippen molar-refractivity contribution in [2.45, 2.75) is 31.1 Å². The highest BCUT2D eigenvalue weighted by atomic mass is 16.5. The Labute approximate surface area is 190 Å². The molecule has 0 unspecified atom stereocenters. The van der Waals surface area contributed by atoms with Gasteiger partial charge in [-0.2, -0.15) is 0 Å². The quantitative estimate of drug-likeness (QED) is 0.499. The molecule has 0 saturated carbocycles. The molecule has 0 amide bonds. The summed E-state index contributed by atoms with van der Waals surface area (Å²) in [6.07, 6.45) is 3.73. The number of ether oxygens (including phenoxy) is 2. The topological polar surface area (TPSA) is 41.9 Å². The van der Waals surface area contributed by atoms with Crippen LogP contribution in [0.2, 0.25) is 0 Å². The first-order valence-corrected chi connectivity index (χ1v) is 11.7. The van der Waals surface area contributed by atoms with Gasteiger partial charge in [0, 0.05) is 30.0 Å². The van der Waals surface area contributed by atoms with Gasteiger partial charge in [-0.3, -0.25) is 0 Å². The summed E-state index contributed by atoms with van der Waals surface area (Å²) in [6.45, 7) is 4.94. The maximum Gasteiger partial charge on any atom is 0.126 e. The Morgan fingerprint density at radius 2 is 1.69 bits per heavy atom. The van der Waals surface area contributed by atoms with Gasteiger partial charge in [0.25, 0.3) is 0 Å². The summed E-state index contributed by atoms with van der Waals surface area (Å²) in [5.74, 6) is 2.29. The Hall–Kier alpha value is -2.98. The lowest BCUT2D eigenvalue weighted by molar-refractivity contribution is 0.247. The molecule has 0 radical (unpaired) electrons. The maximum atomic E-state index is 9.94. The zero-order valence-corrected chi connectivity index (χ0v) is 18.5. The summed E-state index contributed by atoms with van der Waals surface area (Å²) in [5, 5.41) is 9.94. The van der Waals surface area contributed by atoms with Gasteiger partial charge in [-0.15, -0.1) is 0 Å². The second-order valence-electron chi connectivity index (χ2n) is 8.85. The number of phenols is 1. The number of phenolic OH excluding ortho intramolecular Hbond substituents is 1. The van der Waals surface area contributed by atoms with Gasteiger partial charge in [-0.25, -0.2) is 0 Å². The zero-order valence-electron chi connectivity index (χ0n) is 18.5. The number of hydrogen-bond acceptors (Lipinski definition) is 4. The van der Waals surface area contributed by atoms with E-state index in [2.05, 4.69) is 53.4 Å². The first kappa shape index (κ1) is 20.9. The molecule has 0 spiro atoms. The summed E-state index contributed by atoms with van der Waals surface area (Å²) < 4.78 is 12.1. The lowest BCUT2D eigenvalue weighted by atomic mass is 9.76. The predicted molar refractivity (Wildman–Crippen MR) is 127 cm³/mol. The van der Waals surface area contributed by atoms with E-state index in [0.717, 1.165) is 36.6 Å². The molecule has 2 heterocycles. The largest absolute Gasteiger partial charge is 0.508 e. The number of fused-ring (bicyclic) bond motifs is 1. The molecule has 2 atom stereocenters. The molecule has 4 nitrogen and oxygen atoms in total. The molecule has 166 valence electrons. The van der Waals surface area contributed by atoms with Crippen LogP contribution in [0.25, 0.3) is 0 Å². The minimum Gasteiger partial charge on any atom is -0.508 e. The van der Waals surface area contributed by atoms with Crippen molar-refractivity contribution in [3.05, 3.63) is 89.5 Å². The van der Waals surface area contributed by atoms with Crippen LogP contribution in [0, 0.1) is 0 Å². The maximum absolute atomic E-state index is 9.94. The van der Waals surface area contributed by atoms with Crippen molar-refractivity contribution < 1.29 is 14.6 Å². The molecule has 1 N–H and O–H groups in total. The fourth-order valence-electron chi connectivity index (χ4n) is 5.05. The smallest absolute Gasteiger partial charge is 0.126 e. The van der Waals surface area contributed by atoms with E-state index in [4.69, 9.17) is 9.47 Å². The average molecular weight is 430 g/mol. The third-order valence-corrected chi connectivity index (χ3v) is 6.71. The monoisotopic (exact) mass is 429 g/mol. The van der Waals surface area contributed by atoms with E-state index >= 15 is 0 Å². The van der Waals surface area contributed by atoms with Crippen LogP contribution in [-0.2, 0) is 0 Å². The molecule has 4 heteroatoms. The first-order valence-electron chi connectivity index (χ1n) is 11.7. The molecule has 2 aliphatic rings. The van der Waals surface area contributed by atoms with Gasteiger partial charge in [-0.1, -0.05) is 48.5 Å². The van der Waals surface area contributed by atoms with Gasteiger partial charge in [0.05, 0.1) is 13.2 Å². The SMILES string of the molecule is Oc1ccc2c(c1)OC[C@@H](c1ccccc1)[C@H]2c1ccc(OCCCN2CCCC2)cc1. The van der Waals surface area contributed by atoms with Gasteiger partial charge in [0.2, 0.25) is 0 Å². The Kier molecular flexibility index (Phi) is 6.31. The van der Waals surface area contributed by atoms with E-state index < -0.39 is 0 Å². The molecule has 5 rings (SSSR count). The fraction of sp³-hybridized carbons (Fsp3) is 0.357. The number of benzene rings is 3. The van der Waals surface area contributed by atoms with Crippen molar-refractivity contribution in [2.75, 3.05) is 32.8 Å². The van der Waals surface area contributed by atoms with Crippen LogP contribution < -0.4 is 9.47 Å². The van der Waals surface area contributed by atoms with E-state index in [-0.39, 0.29) is 17.6 Å². The zero-order chi connectivity index (χ0) is 21.8. The van der Waals surface area contributed by atoms with Crippen molar-refractivity contribution in [1.29, 1.82) is 0 Å². The van der Waals surface area contributed by atoms with E-state index in [1.807, 2.05) is 12.1 Å². The van der Waals surface area contributed by atoms with E-state index in [0.29, 0.717) is 6.61 Å². The van der Waals surface area contributed by atoms with Crippen molar-refractivity contribution in [1.82, 2.24) is 4.90 Å². The molecule has 0 aromatic heterocycles. The molecular weight excluding hydrogens is 398 g/mol. The second-order valence-corrected chi connectivity index (χ2v) is 8.85. The predicted octanol–water partition coefficient (Wildman–Crippen LogP) is 5.57. The summed E-state index contributed by atoms with van der Waals surface area (Å²) in [6, 6.07) is 24.5. The average Bonchev–Trinajstić information content (AvgIpc) is 3.36. The minimum atomic E-state index is 0.158. The molecule has 32 heavy (non-hydrogen) atoms. The van der Waals surface area contributed by atoms with Crippen LogP contribution >= 0.6 is 0 Å². The molecule has 2 aliphatic heterocycles. The third-order valence-electron chi connectivity index (χ3n) is 6.71. The molecule has 1 fully saturated rings. The fourth-order valence-corrected chi connectivity index (χ4v) is 5.05. The van der Waals surface area contributed by atoms with Gasteiger partial charge >= 0.3 is 0 Å². The van der Waals surface area contributed by atoms with Crippen LogP contribution in [-0.4, -0.2) is 42.9 Å². The highest BCUT2D eigenvalue weighted by molar-refractivity contribution is 5.50. The number of likely N-dealkylation sites (tertiary alicyclic amines) is 1. The number of hydrogen-bond donors (Lipinski definition) is 1. The van der Waals surface area contributed by atoms with Crippen molar-refractivity contribution >= 4 is 0 Å². The lowest BCUT2D eigenvalue weighted by Crippen LogP contribution is -2.25. The number of aromatic hydroxyl groups is 1. The first-order chi connectivity index (χ1) is 15.8. The Balaban J connectivity index is 1.33.